The standard InChI is InChI=1S/C17H19FN4O4/c18-11-4-1-3-10(9-11)13-6-7-14(26-13)15(23)22-12(16(24)25)5-2-8-21-17(19)20/h1,3-4,6-7,9,12H,2,5,8H2,(H,22,23)(H,24,25)(H4,19,20,21)/t12-/m1/s1. The van der Waals surface area contributed by atoms with Crippen LogP contribution in [0.15, 0.2) is 45.8 Å². The molecule has 0 aliphatic heterocycles. The van der Waals surface area contributed by atoms with Gasteiger partial charge in [-0.15, -0.1) is 0 Å². The molecule has 1 aromatic carbocycles. The first-order valence-electron chi connectivity index (χ1n) is 7.81. The second-order valence-corrected chi connectivity index (χ2v) is 5.49. The number of aliphatic imine (C=N–C) groups is 1. The molecule has 0 saturated heterocycles. The quantitative estimate of drug-likeness (QED) is 0.317. The predicted molar refractivity (Wildman–Crippen MR) is 92.9 cm³/mol. The molecule has 9 heteroatoms. The van der Waals surface area contributed by atoms with Gasteiger partial charge in [0.1, 0.15) is 17.6 Å². The summed E-state index contributed by atoms with van der Waals surface area (Å²) < 4.78 is 18.7. The van der Waals surface area contributed by atoms with E-state index in [1.807, 2.05) is 0 Å². The molecule has 138 valence electrons. The molecule has 0 aliphatic carbocycles. The maximum absolute atomic E-state index is 13.3. The summed E-state index contributed by atoms with van der Waals surface area (Å²) in [5, 5.41) is 11.6. The fourth-order valence-corrected chi connectivity index (χ4v) is 2.25. The summed E-state index contributed by atoms with van der Waals surface area (Å²) in [6.45, 7) is 0.256. The molecule has 0 unspecified atom stereocenters. The Labute approximate surface area is 148 Å². The number of carboxylic acid groups (broad SMARTS) is 1. The second kappa shape index (κ2) is 8.65. The zero-order chi connectivity index (χ0) is 19.1. The SMILES string of the molecule is NC(N)=NCCC[C@@H](NC(=O)c1ccc(-c2cccc(F)c2)o1)C(=O)O. The highest BCUT2D eigenvalue weighted by atomic mass is 19.1. The Bertz CT molecular complexity index is 815. The van der Waals surface area contributed by atoms with Gasteiger partial charge in [0.05, 0.1) is 0 Å². The molecule has 0 fully saturated rings. The Kier molecular flexibility index (Phi) is 6.31. The summed E-state index contributed by atoms with van der Waals surface area (Å²) in [7, 11) is 0. The minimum absolute atomic E-state index is 0.0697. The molecule has 26 heavy (non-hydrogen) atoms. The van der Waals surface area contributed by atoms with Gasteiger partial charge in [-0.1, -0.05) is 12.1 Å². The fourth-order valence-electron chi connectivity index (χ4n) is 2.25. The molecule has 8 nitrogen and oxygen atoms in total. The number of aliphatic carboxylic acids is 1. The van der Waals surface area contributed by atoms with Crippen molar-refractivity contribution in [3.05, 3.63) is 48.0 Å². The number of carbonyl (C=O) groups excluding carboxylic acids is 1. The lowest BCUT2D eigenvalue weighted by molar-refractivity contribution is -0.139. The average molecular weight is 362 g/mol. The highest BCUT2D eigenvalue weighted by Gasteiger charge is 2.22. The van der Waals surface area contributed by atoms with Crippen molar-refractivity contribution in [2.24, 2.45) is 16.5 Å². The van der Waals surface area contributed by atoms with Gasteiger partial charge in [-0.05, 0) is 37.1 Å². The molecule has 0 aliphatic rings. The van der Waals surface area contributed by atoms with Crippen molar-refractivity contribution in [2.45, 2.75) is 18.9 Å². The van der Waals surface area contributed by atoms with Gasteiger partial charge in [0.15, 0.2) is 11.7 Å². The Hall–Kier alpha value is -3.36. The highest BCUT2D eigenvalue weighted by molar-refractivity contribution is 5.94. The fraction of sp³-hybridized carbons (Fsp3) is 0.235. The average Bonchev–Trinajstić information content (AvgIpc) is 3.07. The van der Waals surface area contributed by atoms with E-state index < -0.39 is 23.7 Å². The topological polar surface area (TPSA) is 144 Å². The molecular weight excluding hydrogens is 343 g/mol. The number of nitrogens with one attached hydrogen (secondary N) is 1. The first kappa shape index (κ1) is 19.0. The van der Waals surface area contributed by atoms with E-state index in [0.717, 1.165) is 0 Å². The number of rotatable bonds is 8. The lowest BCUT2D eigenvalue weighted by Crippen LogP contribution is -2.40. The van der Waals surface area contributed by atoms with Crippen molar-refractivity contribution in [1.29, 1.82) is 0 Å². The molecule has 0 saturated carbocycles. The molecule has 6 N–H and O–H groups in total. The third kappa shape index (κ3) is 5.33. The van der Waals surface area contributed by atoms with Gasteiger partial charge in [-0.25, -0.2) is 9.18 Å². The van der Waals surface area contributed by atoms with Crippen molar-refractivity contribution in [2.75, 3.05) is 6.54 Å². The maximum Gasteiger partial charge on any atom is 0.326 e. The molecule has 1 aromatic heterocycles. The van der Waals surface area contributed by atoms with E-state index in [-0.39, 0.29) is 24.7 Å². The lowest BCUT2D eigenvalue weighted by atomic mass is 10.1. The van der Waals surface area contributed by atoms with Gasteiger partial charge in [-0.3, -0.25) is 9.79 Å². The number of nitrogens with two attached hydrogens (primary N) is 2. The van der Waals surface area contributed by atoms with Crippen LogP contribution in [0, 0.1) is 5.82 Å². The summed E-state index contributed by atoms with van der Waals surface area (Å²) in [4.78, 5) is 27.2. The molecule has 2 aromatic rings. The van der Waals surface area contributed by atoms with Crippen LogP contribution in [0.2, 0.25) is 0 Å². The van der Waals surface area contributed by atoms with Crippen molar-refractivity contribution < 1.29 is 23.5 Å². The van der Waals surface area contributed by atoms with Crippen molar-refractivity contribution >= 4 is 17.8 Å². The van der Waals surface area contributed by atoms with Crippen LogP contribution < -0.4 is 16.8 Å². The molecule has 1 atom stereocenters. The van der Waals surface area contributed by atoms with Crippen LogP contribution in [-0.2, 0) is 4.79 Å². The number of furan rings is 1. The molecule has 1 heterocycles. The minimum atomic E-state index is -1.18. The zero-order valence-electron chi connectivity index (χ0n) is 13.8. The summed E-state index contributed by atoms with van der Waals surface area (Å²) in [5.41, 5.74) is 10.9. The third-order valence-electron chi connectivity index (χ3n) is 3.49. The Morgan fingerprint density at radius 1 is 1.27 bits per heavy atom. The smallest absolute Gasteiger partial charge is 0.326 e. The second-order valence-electron chi connectivity index (χ2n) is 5.49. The number of halogens is 1. The number of hydrogen-bond donors (Lipinski definition) is 4. The van der Waals surface area contributed by atoms with E-state index in [1.165, 1.54) is 30.3 Å². The van der Waals surface area contributed by atoms with Crippen LogP contribution in [0.3, 0.4) is 0 Å². The number of benzene rings is 1. The van der Waals surface area contributed by atoms with E-state index in [0.29, 0.717) is 17.7 Å². The number of carbonyl (C=O) groups is 2. The van der Waals surface area contributed by atoms with Crippen molar-refractivity contribution in [3.63, 3.8) is 0 Å². The van der Waals surface area contributed by atoms with Gasteiger partial charge >= 0.3 is 5.97 Å². The molecule has 0 spiro atoms. The molecule has 2 rings (SSSR count). The van der Waals surface area contributed by atoms with Gasteiger partial charge in [-0.2, -0.15) is 0 Å². The van der Waals surface area contributed by atoms with Crippen molar-refractivity contribution in [1.82, 2.24) is 5.32 Å². The van der Waals surface area contributed by atoms with Crippen LogP contribution in [0.4, 0.5) is 4.39 Å². The van der Waals surface area contributed by atoms with Gasteiger partial charge in [0.25, 0.3) is 5.91 Å². The number of nitrogens with zero attached hydrogens (tertiary/aromatic N) is 1. The maximum atomic E-state index is 13.3. The Morgan fingerprint density at radius 3 is 2.69 bits per heavy atom. The lowest BCUT2D eigenvalue weighted by Gasteiger charge is -2.12. The third-order valence-corrected chi connectivity index (χ3v) is 3.49. The van der Waals surface area contributed by atoms with E-state index in [4.69, 9.17) is 15.9 Å². The van der Waals surface area contributed by atoms with Crippen LogP contribution in [-0.4, -0.2) is 35.5 Å². The molecule has 0 bridgehead atoms. The monoisotopic (exact) mass is 362 g/mol. The normalized spacial score (nSPS) is 11.6. The number of hydrogen-bond acceptors (Lipinski definition) is 4. The number of guanidine groups is 1. The van der Waals surface area contributed by atoms with Crippen LogP contribution in [0.1, 0.15) is 23.4 Å². The van der Waals surface area contributed by atoms with Gasteiger partial charge in [0, 0.05) is 12.1 Å². The van der Waals surface area contributed by atoms with E-state index >= 15 is 0 Å². The van der Waals surface area contributed by atoms with Gasteiger partial charge < -0.3 is 26.3 Å². The molecule has 1 amide bonds. The van der Waals surface area contributed by atoms with Crippen molar-refractivity contribution in [3.8, 4) is 11.3 Å². The van der Waals surface area contributed by atoms with Crippen LogP contribution in [0.25, 0.3) is 11.3 Å². The predicted octanol–water partition coefficient (Wildman–Crippen LogP) is 1.32. The first-order valence-corrected chi connectivity index (χ1v) is 7.81. The Balaban J connectivity index is 2.01. The van der Waals surface area contributed by atoms with E-state index in [9.17, 15) is 19.1 Å². The molecule has 0 radical (unpaired) electrons. The number of carboxylic acids is 1. The van der Waals surface area contributed by atoms with Gasteiger partial charge in [0.2, 0.25) is 0 Å². The largest absolute Gasteiger partial charge is 0.480 e. The molecular formula is C17H19FN4O4. The summed E-state index contributed by atoms with van der Waals surface area (Å²) in [5.74, 6) is -2.14. The van der Waals surface area contributed by atoms with E-state index in [1.54, 1.807) is 6.07 Å². The zero-order valence-corrected chi connectivity index (χ0v) is 13.8. The summed E-state index contributed by atoms with van der Waals surface area (Å²) >= 11 is 0. The van der Waals surface area contributed by atoms with Crippen LogP contribution in [0.5, 0.6) is 0 Å². The van der Waals surface area contributed by atoms with E-state index in [2.05, 4.69) is 10.3 Å². The first-order chi connectivity index (χ1) is 12.4. The Morgan fingerprint density at radius 2 is 2.04 bits per heavy atom. The highest BCUT2D eigenvalue weighted by Crippen LogP contribution is 2.22. The minimum Gasteiger partial charge on any atom is -0.480 e. The summed E-state index contributed by atoms with van der Waals surface area (Å²) in [6, 6.07) is 7.51. The number of amides is 1. The van der Waals surface area contributed by atoms with Crippen LogP contribution >= 0.6 is 0 Å². The summed E-state index contributed by atoms with van der Waals surface area (Å²) in [6.07, 6.45) is 0.525.